The summed E-state index contributed by atoms with van der Waals surface area (Å²) in [5, 5.41) is 2.65. The number of ether oxygens (including phenoxy) is 2. The van der Waals surface area contributed by atoms with Crippen LogP contribution in [0.1, 0.15) is 18.1 Å². The van der Waals surface area contributed by atoms with Gasteiger partial charge in [-0.2, -0.15) is 0 Å². The molecule has 0 bridgehead atoms. The van der Waals surface area contributed by atoms with Crippen molar-refractivity contribution in [3.63, 3.8) is 0 Å². The summed E-state index contributed by atoms with van der Waals surface area (Å²) in [4.78, 5) is 26.3. The Labute approximate surface area is 153 Å². The van der Waals surface area contributed by atoms with Crippen molar-refractivity contribution in [1.29, 1.82) is 0 Å². The van der Waals surface area contributed by atoms with Gasteiger partial charge in [0, 0.05) is 11.6 Å². The molecular weight excluding hydrogens is 358 g/mol. The van der Waals surface area contributed by atoms with Crippen molar-refractivity contribution < 1.29 is 27.8 Å². The number of hydrogen-bond donors (Lipinski definition) is 1. The maximum atomic E-state index is 13.9. The SMILES string of the molecule is CC1(c2ccc3c(c2)OCCO3)NC(=O)N(Cc2ccc(F)cc2F)C1=O. The summed E-state index contributed by atoms with van der Waals surface area (Å²) >= 11 is 0. The molecule has 2 aliphatic heterocycles. The van der Waals surface area contributed by atoms with Gasteiger partial charge >= 0.3 is 6.03 Å². The summed E-state index contributed by atoms with van der Waals surface area (Å²) in [7, 11) is 0. The van der Waals surface area contributed by atoms with Crippen molar-refractivity contribution in [3.8, 4) is 11.5 Å². The summed E-state index contributed by atoms with van der Waals surface area (Å²) in [6, 6.07) is 7.36. The second-order valence-electron chi connectivity index (χ2n) is 6.54. The van der Waals surface area contributed by atoms with Gasteiger partial charge in [-0.1, -0.05) is 12.1 Å². The zero-order chi connectivity index (χ0) is 19.2. The van der Waals surface area contributed by atoms with Crippen LogP contribution in [0.15, 0.2) is 36.4 Å². The molecule has 1 unspecified atom stereocenters. The Morgan fingerprint density at radius 2 is 1.81 bits per heavy atom. The quantitative estimate of drug-likeness (QED) is 0.839. The summed E-state index contributed by atoms with van der Waals surface area (Å²) in [6.45, 7) is 2.11. The van der Waals surface area contributed by atoms with Crippen LogP contribution in [0, 0.1) is 11.6 Å². The van der Waals surface area contributed by atoms with Crippen LogP contribution in [-0.4, -0.2) is 30.1 Å². The van der Waals surface area contributed by atoms with E-state index >= 15 is 0 Å². The number of hydrogen-bond acceptors (Lipinski definition) is 4. The van der Waals surface area contributed by atoms with Gasteiger partial charge in [0.15, 0.2) is 11.5 Å². The number of imide groups is 1. The molecule has 2 aliphatic rings. The molecule has 4 rings (SSSR count). The smallest absolute Gasteiger partial charge is 0.325 e. The highest BCUT2D eigenvalue weighted by molar-refractivity contribution is 6.07. The minimum absolute atomic E-state index is 0.0475. The van der Waals surface area contributed by atoms with E-state index < -0.39 is 29.1 Å². The maximum absolute atomic E-state index is 13.9. The predicted molar refractivity (Wildman–Crippen MR) is 90.2 cm³/mol. The van der Waals surface area contributed by atoms with Gasteiger partial charge in [-0.25, -0.2) is 13.6 Å². The van der Waals surface area contributed by atoms with E-state index in [-0.39, 0.29) is 12.1 Å². The van der Waals surface area contributed by atoms with Crippen LogP contribution in [-0.2, 0) is 16.9 Å². The highest BCUT2D eigenvalue weighted by Crippen LogP contribution is 2.37. The molecule has 1 fully saturated rings. The van der Waals surface area contributed by atoms with Crippen molar-refractivity contribution >= 4 is 11.9 Å². The summed E-state index contributed by atoms with van der Waals surface area (Å²) in [5.74, 6) is -1.02. The summed E-state index contributed by atoms with van der Waals surface area (Å²) in [6.07, 6.45) is 0. The Bertz CT molecular complexity index is 949. The van der Waals surface area contributed by atoms with Gasteiger partial charge in [0.25, 0.3) is 5.91 Å². The topological polar surface area (TPSA) is 67.9 Å². The first-order valence-electron chi connectivity index (χ1n) is 8.36. The molecule has 2 aromatic carbocycles. The largest absolute Gasteiger partial charge is 0.486 e. The Morgan fingerprint density at radius 1 is 1.07 bits per heavy atom. The second-order valence-corrected chi connectivity index (χ2v) is 6.54. The zero-order valence-corrected chi connectivity index (χ0v) is 14.4. The third-order valence-electron chi connectivity index (χ3n) is 4.74. The lowest BCUT2D eigenvalue weighted by molar-refractivity contribution is -0.131. The van der Waals surface area contributed by atoms with Gasteiger partial charge in [0.05, 0.1) is 6.54 Å². The zero-order valence-electron chi connectivity index (χ0n) is 14.4. The number of halogens is 2. The second kappa shape index (κ2) is 6.22. The number of nitrogens with one attached hydrogen (secondary N) is 1. The average molecular weight is 374 g/mol. The Kier molecular flexibility index (Phi) is 3.98. The molecule has 0 aliphatic carbocycles. The van der Waals surface area contributed by atoms with Crippen LogP contribution in [0.3, 0.4) is 0 Å². The van der Waals surface area contributed by atoms with Crippen molar-refractivity contribution in [2.45, 2.75) is 19.0 Å². The molecule has 1 saturated heterocycles. The average Bonchev–Trinajstić information content (AvgIpc) is 2.87. The number of benzene rings is 2. The van der Waals surface area contributed by atoms with Gasteiger partial charge in [-0.3, -0.25) is 9.69 Å². The van der Waals surface area contributed by atoms with Crippen molar-refractivity contribution in [2.75, 3.05) is 13.2 Å². The molecule has 0 radical (unpaired) electrons. The Morgan fingerprint density at radius 3 is 2.56 bits per heavy atom. The van der Waals surface area contributed by atoms with E-state index in [1.807, 2.05) is 0 Å². The molecule has 2 heterocycles. The maximum Gasteiger partial charge on any atom is 0.325 e. The van der Waals surface area contributed by atoms with E-state index in [0.29, 0.717) is 36.3 Å². The molecule has 2 aromatic rings. The number of rotatable bonds is 3. The van der Waals surface area contributed by atoms with E-state index in [9.17, 15) is 18.4 Å². The van der Waals surface area contributed by atoms with E-state index in [2.05, 4.69) is 5.32 Å². The third kappa shape index (κ3) is 2.87. The van der Waals surface area contributed by atoms with Gasteiger partial charge in [0.2, 0.25) is 0 Å². The number of carbonyl (C=O) groups excluding carboxylic acids is 2. The van der Waals surface area contributed by atoms with E-state index in [1.54, 1.807) is 25.1 Å². The van der Waals surface area contributed by atoms with E-state index in [1.165, 1.54) is 6.07 Å². The monoisotopic (exact) mass is 374 g/mol. The molecule has 140 valence electrons. The van der Waals surface area contributed by atoms with Gasteiger partial charge in [0.1, 0.15) is 30.4 Å². The van der Waals surface area contributed by atoms with E-state index in [0.717, 1.165) is 11.0 Å². The molecule has 6 nitrogen and oxygen atoms in total. The molecule has 1 N–H and O–H groups in total. The third-order valence-corrected chi connectivity index (χ3v) is 4.74. The normalized spacial score (nSPS) is 21.4. The fourth-order valence-electron chi connectivity index (χ4n) is 3.21. The number of amides is 3. The summed E-state index contributed by atoms with van der Waals surface area (Å²) in [5.41, 5.74) is -0.762. The number of fused-ring (bicyclic) bond motifs is 1. The van der Waals surface area contributed by atoms with Crippen molar-refractivity contribution in [1.82, 2.24) is 10.2 Å². The first-order chi connectivity index (χ1) is 12.9. The van der Waals surface area contributed by atoms with Gasteiger partial charge in [-0.05, 0) is 30.7 Å². The number of urea groups is 1. The molecule has 1 atom stereocenters. The van der Waals surface area contributed by atoms with Crippen LogP contribution in [0.5, 0.6) is 11.5 Å². The highest BCUT2D eigenvalue weighted by atomic mass is 19.1. The van der Waals surface area contributed by atoms with E-state index in [4.69, 9.17) is 9.47 Å². The molecule has 8 heteroatoms. The highest BCUT2D eigenvalue weighted by Gasteiger charge is 2.49. The minimum atomic E-state index is -1.33. The van der Waals surface area contributed by atoms with Crippen LogP contribution >= 0.6 is 0 Å². The lowest BCUT2D eigenvalue weighted by atomic mass is 9.91. The standard InChI is InChI=1S/C19H16F2N2O4/c1-19(12-3-5-15-16(8-12)27-7-6-26-15)17(24)23(18(25)22-19)10-11-2-4-13(20)9-14(11)21/h2-5,8-9H,6-7,10H2,1H3,(H,22,25). The van der Waals surface area contributed by atoms with Crippen molar-refractivity contribution in [2.24, 2.45) is 0 Å². The van der Waals surface area contributed by atoms with Crippen molar-refractivity contribution in [3.05, 3.63) is 59.2 Å². The first-order valence-corrected chi connectivity index (χ1v) is 8.36. The van der Waals surface area contributed by atoms with Crippen LogP contribution in [0.25, 0.3) is 0 Å². The van der Waals surface area contributed by atoms with Crippen LogP contribution in [0.2, 0.25) is 0 Å². The molecular formula is C19H16F2N2O4. The Balaban J connectivity index is 1.63. The first kappa shape index (κ1) is 17.3. The lowest BCUT2D eigenvalue weighted by Crippen LogP contribution is -2.41. The van der Waals surface area contributed by atoms with Crippen LogP contribution in [0.4, 0.5) is 13.6 Å². The molecule has 0 aromatic heterocycles. The predicted octanol–water partition coefficient (Wildman–Crippen LogP) is 2.70. The minimum Gasteiger partial charge on any atom is -0.486 e. The fourth-order valence-corrected chi connectivity index (χ4v) is 3.21. The summed E-state index contributed by atoms with van der Waals surface area (Å²) < 4.78 is 38.0. The Hall–Kier alpha value is -3.16. The number of nitrogens with zero attached hydrogens (tertiary/aromatic N) is 1. The van der Waals surface area contributed by atoms with Gasteiger partial charge < -0.3 is 14.8 Å². The molecule has 0 spiro atoms. The lowest BCUT2D eigenvalue weighted by Gasteiger charge is -2.25. The van der Waals surface area contributed by atoms with Crippen LogP contribution < -0.4 is 14.8 Å². The van der Waals surface area contributed by atoms with Gasteiger partial charge in [-0.15, -0.1) is 0 Å². The molecule has 3 amide bonds. The fraction of sp³-hybridized carbons (Fsp3) is 0.263. The number of carbonyl (C=O) groups is 2. The molecule has 27 heavy (non-hydrogen) atoms. The molecule has 0 saturated carbocycles.